The van der Waals surface area contributed by atoms with Crippen molar-refractivity contribution in [3.63, 3.8) is 0 Å². The third-order valence-electron chi connectivity index (χ3n) is 4.89. The summed E-state index contributed by atoms with van der Waals surface area (Å²) in [6, 6.07) is 3.01. The van der Waals surface area contributed by atoms with Gasteiger partial charge < -0.3 is 15.1 Å². The van der Waals surface area contributed by atoms with Crippen molar-refractivity contribution in [3.8, 4) is 0 Å². The van der Waals surface area contributed by atoms with Crippen LogP contribution in [-0.4, -0.2) is 39.7 Å². The van der Waals surface area contributed by atoms with Crippen molar-refractivity contribution in [1.82, 2.24) is 4.98 Å². The molecule has 2 N–H and O–H groups in total. The minimum absolute atomic E-state index is 0.181. The summed E-state index contributed by atoms with van der Waals surface area (Å²) in [4.78, 5) is 30.1. The maximum absolute atomic E-state index is 11.9. The average Bonchev–Trinajstić information content (AvgIpc) is 2.60. The molecule has 0 saturated heterocycles. The van der Waals surface area contributed by atoms with Crippen LogP contribution in [0.5, 0.6) is 0 Å². The standard InChI is InChI=1S/C22H26N2O4/c1-12(2)9-15-16(21(25)26)10-23-17-7-5-14-6-8-18(22(27)28)24(11-13(3)4)20(14)19(15)17/h5-8,10,12-13,18H,9,11H2,1-4H3,(H,25,26)(H,27,28). The molecular formula is C22H26N2O4. The van der Waals surface area contributed by atoms with Crippen molar-refractivity contribution in [2.45, 2.75) is 40.2 Å². The van der Waals surface area contributed by atoms with Crippen molar-refractivity contribution in [1.29, 1.82) is 0 Å². The first kappa shape index (κ1) is 19.9. The van der Waals surface area contributed by atoms with Crippen LogP contribution in [-0.2, 0) is 11.2 Å². The van der Waals surface area contributed by atoms with Crippen LogP contribution in [0.4, 0.5) is 5.69 Å². The number of carboxylic acids is 2. The molecule has 1 aromatic carbocycles. The van der Waals surface area contributed by atoms with Gasteiger partial charge in [0.15, 0.2) is 0 Å². The van der Waals surface area contributed by atoms with Gasteiger partial charge >= 0.3 is 11.9 Å². The molecule has 148 valence electrons. The molecule has 2 aromatic rings. The first-order valence-corrected chi connectivity index (χ1v) is 9.56. The molecule has 0 fully saturated rings. The van der Waals surface area contributed by atoms with Gasteiger partial charge in [0.05, 0.1) is 16.8 Å². The van der Waals surface area contributed by atoms with Crippen molar-refractivity contribution in [3.05, 3.63) is 41.1 Å². The van der Waals surface area contributed by atoms with E-state index >= 15 is 0 Å². The highest BCUT2D eigenvalue weighted by Crippen LogP contribution is 2.39. The van der Waals surface area contributed by atoms with E-state index in [0.29, 0.717) is 18.5 Å². The molecule has 1 aliphatic heterocycles. The van der Waals surface area contributed by atoms with Crippen molar-refractivity contribution in [2.24, 2.45) is 11.8 Å². The fraction of sp³-hybridized carbons (Fsp3) is 0.409. The third kappa shape index (κ3) is 3.59. The fourth-order valence-corrected chi connectivity index (χ4v) is 3.85. The molecule has 0 radical (unpaired) electrons. The summed E-state index contributed by atoms with van der Waals surface area (Å²) in [5, 5.41) is 20.3. The number of fused-ring (bicyclic) bond motifs is 3. The second-order valence-electron chi connectivity index (χ2n) is 8.14. The molecule has 0 amide bonds. The quantitative estimate of drug-likeness (QED) is 0.782. The molecular weight excluding hydrogens is 356 g/mol. The second-order valence-corrected chi connectivity index (χ2v) is 8.14. The number of aromatic nitrogens is 1. The molecule has 6 nitrogen and oxygen atoms in total. The van der Waals surface area contributed by atoms with E-state index in [1.165, 1.54) is 6.20 Å². The monoisotopic (exact) mass is 382 g/mol. The normalized spacial score (nSPS) is 16.1. The molecule has 1 aliphatic rings. The number of carbonyl (C=O) groups is 2. The number of pyridine rings is 1. The summed E-state index contributed by atoms with van der Waals surface area (Å²) in [5.74, 6) is -1.46. The largest absolute Gasteiger partial charge is 0.479 e. The smallest absolute Gasteiger partial charge is 0.337 e. The number of nitrogens with zero attached hydrogens (tertiary/aromatic N) is 2. The van der Waals surface area contributed by atoms with Gasteiger partial charge in [-0.05, 0) is 35.4 Å². The zero-order valence-corrected chi connectivity index (χ0v) is 16.6. The third-order valence-corrected chi connectivity index (χ3v) is 4.89. The number of aliphatic carboxylic acids is 1. The maximum Gasteiger partial charge on any atom is 0.337 e. The maximum atomic E-state index is 11.9. The van der Waals surface area contributed by atoms with E-state index < -0.39 is 18.0 Å². The van der Waals surface area contributed by atoms with Crippen LogP contribution < -0.4 is 4.90 Å². The van der Waals surface area contributed by atoms with Crippen LogP contribution in [0.15, 0.2) is 24.4 Å². The number of aromatic carboxylic acids is 1. The van der Waals surface area contributed by atoms with Gasteiger partial charge in [0, 0.05) is 18.1 Å². The number of carboxylic acid groups (broad SMARTS) is 2. The Labute approximate surface area is 164 Å². The minimum Gasteiger partial charge on any atom is -0.479 e. The highest BCUT2D eigenvalue weighted by atomic mass is 16.4. The van der Waals surface area contributed by atoms with Gasteiger partial charge in [0.1, 0.15) is 6.04 Å². The van der Waals surface area contributed by atoms with Gasteiger partial charge in [-0.3, -0.25) is 4.98 Å². The summed E-state index contributed by atoms with van der Waals surface area (Å²) in [5.41, 5.74) is 3.25. The van der Waals surface area contributed by atoms with Crippen molar-refractivity contribution >= 4 is 34.6 Å². The van der Waals surface area contributed by atoms with Crippen molar-refractivity contribution < 1.29 is 19.8 Å². The van der Waals surface area contributed by atoms with E-state index in [0.717, 1.165) is 22.2 Å². The highest BCUT2D eigenvalue weighted by Gasteiger charge is 2.31. The lowest BCUT2D eigenvalue weighted by atomic mass is 9.90. The second kappa shape index (κ2) is 7.62. The Balaban J connectivity index is 2.39. The lowest BCUT2D eigenvalue weighted by molar-refractivity contribution is -0.137. The molecule has 1 unspecified atom stereocenters. The van der Waals surface area contributed by atoms with Crippen molar-refractivity contribution in [2.75, 3.05) is 11.4 Å². The zero-order chi connectivity index (χ0) is 20.6. The Morgan fingerprint density at radius 2 is 1.86 bits per heavy atom. The molecule has 1 aromatic heterocycles. The molecule has 0 bridgehead atoms. The number of rotatable bonds is 6. The predicted molar refractivity (Wildman–Crippen MR) is 110 cm³/mol. The number of hydrogen-bond acceptors (Lipinski definition) is 4. The first-order chi connectivity index (χ1) is 13.2. The fourth-order valence-electron chi connectivity index (χ4n) is 3.85. The Morgan fingerprint density at radius 1 is 1.14 bits per heavy atom. The molecule has 28 heavy (non-hydrogen) atoms. The molecule has 3 rings (SSSR count). The first-order valence-electron chi connectivity index (χ1n) is 9.56. The number of benzene rings is 1. The lowest BCUT2D eigenvalue weighted by Gasteiger charge is -2.36. The number of hydrogen-bond donors (Lipinski definition) is 2. The van der Waals surface area contributed by atoms with E-state index in [9.17, 15) is 19.8 Å². The molecule has 1 atom stereocenters. The SMILES string of the molecule is CC(C)Cc1c(C(=O)O)cnc2ccc3c(c12)N(CC(C)C)C(C(=O)O)C=C3. The van der Waals surface area contributed by atoms with Crippen LogP contribution >= 0.6 is 0 Å². The summed E-state index contributed by atoms with van der Waals surface area (Å²) in [6.45, 7) is 8.71. The molecule has 6 heteroatoms. The Kier molecular flexibility index (Phi) is 5.40. The van der Waals surface area contributed by atoms with Gasteiger partial charge in [0.2, 0.25) is 0 Å². The van der Waals surface area contributed by atoms with Crippen LogP contribution in [0.3, 0.4) is 0 Å². The van der Waals surface area contributed by atoms with Gasteiger partial charge in [0.25, 0.3) is 0 Å². The van der Waals surface area contributed by atoms with Gasteiger partial charge in [-0.25, -0.2) is 9.59 Å². The highest BCUT2D eigenvalue weighted by molar-refractivity contribution is 6.06. The van der Waals surface area contributed by atoms with Crippen LogP contribution in [0, 0.1) is 11.8 Å². The van der Waals surface area contributed by atoms with Crippen LogP contribution in [0.2, 0.25) is 0 Å². The molecule has 0 saturated carbocycles. The Bertz CT molecular complexity index is 963. The Morgan fingerprint density at radius 3 is 2.43 bits per heavy atom. The van der Waals surface area contributed by atoms with E-state index in [-0.39, 0.29) is 17.4 Å². The van der Waals surface area contributed by atoms with E-state index in [2.05, 4.69) is 4.98 Å². The number of anilines is 1. The summed E-state index contributed by atoms with van der Waals surface area (Å²) in [6.07, 6.45) is 5.50. The topological polar surface area (TPSA) is 90.7 Å². The Hall–Kier alpha value is -2.89. The van der Waals surface area contributed by atoms with Crippen LogP contribution in [0.25, 0.3) is 17.0 Å². The average molecular weight is 382 g/mol. The van der Waals surface area contributed by atoms with Gasteiger partial charge in [-0.15, -0.1) is 0 Å². The summed E-state index contributed by atoms with van der Waals surface area (Å²) >= 11 is 0. The van der Waals surface area contributed by atoms with Crippen LogP contribution in [0.1, 0.15) is 49.2 Å². The van der Waals surface area contributed by atoms with Gasteiger partial charge in [-0.2, -0.15) is 0 Å². The zero-order valence-electron chi connectivity index (χ0n) is 16.6. The molecule has 2 heterocycles. The van der Waals surface area contributed by atoms with E-state index in [4.69, 9.17) is 0 Å². The van der Waals surface area contributed by atoms with Gasteiger partial charge in [-0.1, -0.05) is 45.9 Å². The lowest BCUT2D eigenvalue weighted by Crippen LogP contribution is -2.44. The minimum atomic E-state index is -1.01. The van der Waals surface area contributed by atoms with E-state index in [1.54, 1.807) is 6.08 Å². The summed E-state index contributed by atoms with van der Waals surface area (Å²) < 4.78 is 0. The summed E-state index contributed by atoms with van der Waals surface area (Å²) in [7, 11) is 0. The predicted octanol–water partition coefficient (Wildman–Crippen LogP) is 4.07. The molecule has 0 aliphatic carbocycles. The van der Waals surface area contributed by atoms with E-state index in [1.807, 2.05) is 50.8 Å². The molecule has 0 spiro atoms.